The van der Waals surface area contributed by atoms with Crippen LogP contribution in [0, 0.1) is 11.6 Å². The third kappa shape index (κ3) is 4.52. The Morgan fingerprint density at radius 1 is 1.07 bits per heavy atom. The number of halogens is 2. The van der Waals surface area contributed by atoms with E-state index in [2.05, 4.69) is 15.6 Å². The second-order valence-corrected chi connectivity index (χ2v) is 6.69. The number of benzene rings is 2. The van der Waals surface area contributed by atoms with Gasteiger partial charge in [-0.1, -0.05) is 6.07 Å². The Morgan fingerprint density at radius 3 is 2.21 bits per heavy atom. The number of nitrogens with zero attached hydrogens (tertiary/aromatic N) is 1. The Balaban J connectivity index is 1.64. The standard InChI is InChI=1S/C21H25F2N3O3/c1-24-21(26-16-10-13(16)19-14(22)6-5-7-15(19)23)25-11-12-8-17(27-2)20(29-4)18(9-12)28-3/h5-9,13,16H,10-11H2,1-4H3,(H2,24,25,26). The number of ether oxygens (including phenoxy) is 3. The highest BCUT2D eigenvalue weighted by molar-refractivity contribution is 5.80. The molecular weight excluding hydrogens is 380 g/mol. The van der Waals surface area contributed by atoms with Crippen molar-refractivity contribution in [1.82, 2.24) is 10.6 Å². The first-order valence-corrected chi connectivity index (χ1v) is 9.22. The van der Waals surface area contributed by atoms with Crippen molar-refractivity contribution >= 4 is 5.96 Å². The first-order valence-electron chi connectivity index (χ1n) is 9.22. The van der Waals surface area contributed by atoms with Gasteiger partial charge in [0.1, 0.15) is 11.6 Å². The molecule has 29 heavy (non-hydrogen) atoms. The van der Waals surface area contributed by atoms with Crippen LogP contribution in [0.1, 0.15) is 23.5 Å². The van der Waals surface area contributed by atoms with Gasteiger partial charge < -0.3 is 24.8 Å². The number of hydrogen-bond donors (Lipinski definition) is 2. The molecule has 8 heteroatoms. The van der Waals surface area contributed by atoms with Gasteiger partial charge in [0.25, 0.3) is 0 Å². The van der Waals surface area contributed by atoms with E-state index in [1.807, 2.05) is 12.1 Å². The summed E-state index contributed by atoms with van der Waals surface area (Å²) in [5, 5.41) is 6.41. The van der Waals surface area contributed by atoms with Gasteiger partial charge in [-0.25, -0.2) is 8.78 Å². The molecule has 0 radical (unpaired) electrons. The van der Waals surface area contributed by atoms with Crippen LogP contribution in [0.25, 0.3) is 0 Å². The van der Waals surface area contributed by atoms with Crippen LogP contribution in [0.15, 0.2) is 35.3 Å². The first kappa shape index (κ1) is 20.7. The lowest BCUT2D eigenvalue weighted by atomic mass is 10.1. The molecule has 1 aliphatic carbocycles. The lowest BCUT2D eigenvalue weighted by Gasteiger charge is -2.16. The summed E-state index contributed by atoms with van der Waals surface area (Å²) in [6, 6.07) is 7.55. The fourth-order valence-electron chi connectivity index (χ4n) is 3.33. The molecule has 0 spiro atoms. The fraction of sp³-hybridized carbons (Fsp3) is 0.381. The Bertz CT molecular complexity index is 859. The van der Waals surface area contributed by atoms with E-state index in [0.29, 0.717) is 36.2 Å². The summed E-state index contributed by atoms with van der Waals surface area (Å²) in [6.07, 6.45) is 0.642. The van der Waals surface area contributed by atoms with Crippen LogP contribution in [-0.2, 0) is 6.54 Å². The summed E-state index contributed by atoms with van der Waals surface area (Å²) in [7, 11) is 6.31. The van der Waals surface area contributed by atoms with Gasteiger partial charge in [-0.2, -0.15) is 0 Å². The highest BCUT2D eigenvalue weighted by Crippen LogP contribution is 2.43. The fourth-order valence-corrected chi connectivity index (χ4v) is 3.33. The van der Waals surface area contributed by atoms with Crippen molar-refractivity contribution in [3.8, 4) is 17.2 Å². The number of nitrogens with one attached hydrogen (secondary N) is 2. The second-order valence-electron chi connectivity index (χ2n) is 6.69. The van der Waals surface area contributed by atoms with Crippen LogP contribution in [0.3, 0.4) is 0 Å². The summed E-state index contributed by atoms with van der Waals surface area (Å²) >= 11 is 0. The predicted octanol–water partition coefficient (Wildman–Crippen LogP) is 3.21. The summed E-state index contributed by atoms with van der Waals surface area (Å²) in [4.78, 5) is 4.19. The Kier molecular flexibility index (Phi) is 6.41. The molecule has 0 aliphatic heterocycles. The van der Waals surface area contributed by atoms with Crippen LogP contribution in [0.2, 0.25) is 0 Å². The maximum atomic E-state index is 14.0. The highest BCUT2D eigenvalue weighted by atomic mass is 19.1. The van der Waals surface area contributed by atoms with E-state index in [1.54, 1.807) is 28.4 Å². The van der Waals surface area contributed by atoms with Gasteiger partial charge in [0.05, 0.1) is 21.3 Å². The van der Waals surface area contributed by atoms with Crippen LogP contribution in [0.5, 0.6) is 17.2 Å². The topological polar surface area (TPSA) is 64.1 Å². The zero-order valence-corrected chi connectivity index (χ0v) is 16.9. The van der Waals surface area contributed by atoms with E-state index in [9.17, 15) is 8.78 Å². The van der Waals surface area contributed by atoms with Crippen molar-refractivity contribution in [2.24, 2.45) is 4.99 Å². The Labute approximate surface area is 168 Å². The number of methoxy groups -OCH3 is 3. The normalized spacial score (nSPS) is 18.2. The molecule has 0 aromatic heterocycles. The molecule has 0 amide bonds. The van der Waals surface area contributed by atoms with Crippen molar-refractivity contribution < 1.29 is 23.0 Å². The molecule has 1 fully saturated rings. The van der Waals surface area contributed by atoms with E-state index < -0.39 is 11.6 Å². The Hall–Kier alpha value is -3.03. The largest absolute Gasteiger partial charge is 0.493 e. The molecule has 2 atom stereocenters. The van der Waals surface area contributed by atoms with Gasteiger partial charge in [0.15, 0.2) is 17.5 Å². The van der Waals surface area contributed by atoms with Crippen molar-refractivity contribution in [1.29, 1.82) is 0 Å². The minimum Gasteiger partial charge on any atom is -0.493 e. The van der Waals surface area contributed by atoms with Gasteiger partial charge in [0.2, 0.25) is 5.75 Å². The molecule has 2 N–H and O–H groups in total. The second kappa shape index (κ2) is 8.98. The van der Waals surface area contributed by atoms with Gasteiger partial charge in [-0.3, -0.25) is 4.99 Å². The van der Waals surface area contributed by atoms with Crippen molar-refractivity contribution in [2.45, 2.75) is 24.9 Å². The molecule has 156 valence electrons. The van der Waals surface area contributed by atoms with E-state index >= 15 is 0 Å². The van der Waals surface area contributed by atoms with Crippen molar-refractivity contribution in [3.05, 3.63) is 53.1 Å². The van der Waals surface area contributed by atoms with E-state index in [0.717, 1.165) is 5.56 Å². The quantitative estimate of drug-likeness (QED) is 0.547. The first-order chi connectivity index (χ1) is 14.0. The zero-order chi connectivity index (χ0) is 21.0. The third-order valence-electron chi connectivity index (χ3n) is 4.89. The van der Waals surface area contributed by atoms with Crippen molar-refractivity contribution in [3.63, 3.8) is 0 Å². The summed E-state index contributed by atoms with van der Waals surface area (Å²) < 4.78 is 44.0. The lowest BCUT2D eigenvalue weighted by Crippen LogP contribution is -2.38. The average Bonchev–Trinajstić information content (AvgIpc) is 3.48. The molecule has 0 bridgehead atoms. The molecule has 2 aromatic carbocycles. The van der Waals surface area contributed by atoms with E-state index in [4.69, 9.17) is 14.2 Å². The van der Waals surface area contributed by atoms with Gasteiger partial charge >= 0.3 is 0 Å². The van der Waals surface area contributed by atoms with Gasteiger partial charge in [-0.05, 0) is 36.2 Å². The van der Waals surface area contributed by atoms with E-state index in [-0.39, 0.29) is 17.5 Å². The van der Waals surface area contributed by atoms with Crippen molar-refractivity contribution in [2.75, 3.05) is 28.4 Å². The van der Waals surface area contributed by atoms with Crippen LogP contribution in [-0.4, -0.2) is 40.4 Å². The molecule has 3 rings (SSSR count). The molecule has 1 saturated carbocycles. The molecule has 2 unspecified atom stereocenters. The number of rotatable bonds is 7. The van der Waals surface area contributed by atoms with Gasteiger partial charge in [-0.15, -0.1) is 0 Å². The number of hydrogen-bond acceptors (Lipinski definition) is 4. The molecule has 6 nitrogen and oxygen atoms in total. The maximum absolute atomic E-state index is 14.0. The molecule has 0 saturated heterocycles. The number of aliphatic imine (C=N–C) groups is 1. The summed E-state index contributed by atoms with van der Waals surface area (Å²) in [6.45, 7) is 0.446. The molecule has 0 heterocycles. The molecule has 2 aromatic rings. The monoisotopic (exact) mass is 405 g/mol. The zero-order valence-electron chi connectivity index (χ0n) is 16.9. The Morgan fingerprint density at radius 2 is 1.69 bits per heavy atom. The van der Waals surface area contributed by atoms with E-state index in [1.165, 1.54) is 18.2 Å². The minimum absolute atomic E-state index is 0.0764. The summed E-state index contributed by atoms with van der Waals surface area (Å²) in [5.74, 6) is 0.944. The molecule has 1 aliphatic rings. The smallest absolute Gasteiger partial charge is 0.203 e. The average molecular weight is 405 g/mol. The minimum atomic E-state index is -0.514. The predicted molar refractivity (Wildman–Crippen MR) is 107 cm³/mol. The maximum Gasteiger partial charge on any atom is 0.203 e. The third-order valence-corrected chi connectivity index (χ3v) is 4.89. The number of guanidine groups is 1. The summed E-state index contributed by atoms with van der Waals surface area (Å²) in [5.41, 5.74) is 1.03. The van der Waals surface area contributed by atoms with Crippen LogP contribution < -0.4 is 24.8 Å². The van der Waals surface area contributed by atoms with Crippen LogP contribution >= 0.6 is 0 Å². The highest BCUT2D eigenvalue weighted by Gasteiger charge is 2.42. The van der Waals surface area contributed by atoms with Gasteiger partial charge in [0, 0.05) is 31.1 Å². The molecular formula is C21H25F2N3O3. The SMILES string of the molecule is CN=C(NCc1cc(OC)c(OC)c(OC)c1)NC1CC1c1c(F)cccc1F. The van der Waals surface area contributed by atoms with Crippen LogP contribution in [0.4, 0.5) is 8.78 Å². The lowest BCUT2D eigenvalue weighted by molar-refractivity contribution is 0.323.